The number of rotatable bonds is 6. The average Bonchev–Trinajstić information content (AvgIpc) is 2.83. The summed E-state index contributed by atoms with van der Waals surface area (Å²) in [6.07, 6.45) is 4.55. The fourth-order valence-electron chi connectivity index (χ4n) is 5.36. The van der Waals surface area contributed by atoms with Gasteiger partial charge in [-0.25, -0.2) is 8.42 Å². The van der Waals surface area contributed by atoms with Crippen molar-refractivity contribution in [1.82, 2.24) is 9.21 Å². The Bertz CT molecular complexity index is 1110. The van der Waals surface area contributed by atoms with Gasteiger partial charge >= 0.3 is 0 Å². The second kappa shape index (κ2) is 9.80. The van der Waals surface area contributed by atoms with Gasteiger partial charge in [-0.05, 0) is 88.2 Å². The van der Waals surface area contributed by atoms with Gasteiger partial charge in [-0.2, -0.15) is 4.31 Å². The number of likely N-dealkylation sites (tertiary alicyclic amines) is 1. The van der Waals surface area contributed by atoms with Gasteiger partial charge in [-0.15, -0.1) is 0 Å². The predicted octanol–water partition coefficient (Wildman–Crippen LogP) is 4.53. The van der Waals surface area contributed by atoms with Crippen molar-refractivity contribution >= 4 is 21.6 Å². The lowest BCUT2D eigenvalue weighted by molar-refractivity contribution is -0.118. The molecule has 2 aliphatic heterocycles. The van der Waals surface area contributed by atoms with Crippen LogP contribution in [0.1, 0.15) is 52.0 Å². The van der Waals surface area contributed by atoms with Gasteiger partial charge in [0.2, 0.25) is 15.9 Å². The van der Waals surface area contributed by atoms with Crippen LogP contribution in [0.5, 0.6) is 0 Å². The van der Waals surface area contributed by atoms with Crippen LogP contribution in [-0.4, -0.2) is 55.2 Å². The molecule has 0 atom stereocenters. The first-order valence-electron chi connectivity index (χ1n) is 12.3. The Balaban J connectivity index is 1.40. The van der Waals surface area contributed by atoms with Crippen LogP contribution in [0.4, 0.5) is 5.69 Å². The van der Waals surface area contributed by atoms with Gasteiger partial charge in [0.15, 0.2) is 0 Å². The first-order valence-corrected chi connectivity index (χ1v) is 13.8. The molecule has 0 bridgehead atoms. The molecular weight excluding hydrogens is 446 g/mol. The first-order chi connectivity index (χ1) is 16.2. The van der Waals surface area contributed by atoms with E-state index in [1.165, 1.54) is 0 Å². The lowest BCUT2D eigenvalue weighted by Gasteiger charge is -2.53. The van der Waals surface area contributed by atoms with Crippen molar-refractivity contribution < 1.29 is 13.2 Å². The number of carbonyl (C=O) groups is 1. The zero-order chi connectivity index (χ0) is 24.4. The van der Waals surface area contributed by atoms with Crippen LogP contribution in [0.3, 0.4) is 0 Å². The van der Waals surface area contributed by atoms with Crippen molar-refractivity contribution in [3.63, 3.8) is 0 Å². The number of hydrogen-bond acceptors (Lipinski definition) is 4. The maximum absolute atomic E-state index is 13.5. The number of aryl methyl sites for hydroxylation is 1. The number of benzene rings is 2. The van der Waals surface area contributed by atoms with E-state index in [0.29, 0.717) is 18.0 Å². The maximum Gasteiger partial charge on any atom is 0.243 e. The Morgan fingerprint density at radius 1 is 0.941 bits per heavy atom. The minimum absolute atomic E-state index is 0.00918. The van der Waals surface area contributed by atoms with Gasteiger partial charge in [0.1, 0.15) is 0 Å². The number of sulfonamides is 1. The molecule has 2 fully saturated rings. The predicted molar refractivity (Wildman–Crippen MR) is 136 cm³/mol. The normalized spacial score (nSPS) is 20.8. The van der Waals surface area contributed by atoms with Crippen molar-refractivity contribution in [2.45, 2.75) is 63.3 Å². The van der Waals surface area contributed by atoms with E-state index in [1.807, 2.05) is 44.2 Å². The minimum Gasteiger partial charge on any atom is -0.325 e. The Labute approximate surface area is 204 Å². The standard InChI is InChI=1S/C27H37N3O3S/c1-4-22-10-8-9-13-24(22)28-25(31)20-29-18-16-27(17-19-29)15-14-26(2,3)30(21-27)34(32,33)23-11-6-5-7-12-23/h5-13H,4,14-21H2,1-3H3,(H,28,31). The van der Waals surface area contributed by atoms with Crippen molar-refractivity contribution in [2.75, 3.05) is 31.5 Å². The van der Waals surface area contributed by atoms with Crippen molar-refractivity contribution in [3.8, 4) is 0 Å². The second-order valence-electron chi connectivity index (χ2n) is 10.5. The van der Waals surface area contributed by atoms with Crippen LogP contribution in [0, 0.1) is 5.41 Å². The lowest BCUT2D eigenvalue weighted by Crippen LogP contribution is -2.59. The number of nitrogens with one attached hydrogen (secondary N) is 1. The molecular formula is C27H37N3O3S. The summed E-state index contributed by atoms with van der Waals surface area (Å²) in [6.45, 7) is 8.68. The molecule has 2 aliphatic rings. The molecule has 7 heteroatoms. The van der Waals surface area contributed by atoms with Crippen LogP contribution in [0.25, 0.3) is 0 Å². The van der Waals surface area contributed by atoms with Crippen molar-refractivity contribution in [2.24, 2.45) is 5.41 Å². The van der Waals surface area contributed by atoms with Gasteiger partial charge in [0.05, 0.1) is 11.4 Å². The molecule has 184 valence electrons. The highest BCUT2D eigenvalue weighted by Crippen LogP contribution is 2.46. The average molecular weight is 484 g/mol. The molecule has 0 aliphatic carbocycles. The fraction of sp³-hybridized carbons (Fsp3) is 0.519. The monoisotopic (exact) mass is 483 g/mol. The summed E-state index contributed by atoms with van der Waals surface area (Å²) in [6, 6.07) is 16.7. The molecule has 1 N–H and O–H groups in total. The highest BCUT2D eigenvalue weighted by atomic mass is 32.2. The Morgan fingerprint density at radius 3 is 2.26 bits per heavy atom. The van der Waals surface area contributed by atoms with E-state index < -0.39 is 15.6 Å². The highest BCUT2D eigenvalue weighted by Gasteiger charge is 2.49. The number of piperidine rings is 2. The molecule has 2 saturated heterocycles. The van der Waals surface area contributed by atoms with Crippen molar-refractivity contribution in [1.29, 1.82) is 0 Å². The Morgan fingerprint density at radius 2 is 1.59 bits per heavy atom. The largest absolute Gasteiger partial charge is 0.325 e. The van der Waals surface area contributed by atoms with Gasteiger partial charge in [-0.3, -0.25) is 9.69 Å². The van der Waals surface area contributed by atoms with E-state index >= 15 is 0 Å². The molecule has 0 radical (unpaired) electrons. The Kier molecular flexibility index (Phi) is 7.17. The molecule has 0 saturated carbocycles. The number of anilines is 1. The summed E-state index contributed by atoms with van der Waals surface area (Å²) in [5.74, 6) is 0.00918. The van der Waals surface area contributed by atoms with Gasteiger partial charge < -0.3 is 5.32 Å². The number of hydrogen-bond donors (Lipinski definition) is 1. The third kappa shape index (κ3) is 5.21. The van der Waals surface area contributed by atoms with Gasteiger partial charge in [0, 0.05) is 17.8 Å². The number of nitrogens with zero attached hydrogens (tertiary/aromatic N) is 2. The molecule has 6 nitrogen and oxygen atoms in total. The van der Waals surface area contributed by atoms with E-state index in [2.05, 4.69) is 17.1 Å². The van der Waals surface area contributed by atoms with Crippen LogP contribution in [0.15, 0.2) is 59.5 Å². The summed E-state index contributed by atoms with van der Waals surface area (Å²) in [7, 11) is -3.56. The van der Waals surface area contributed by atoms with Crippen molar-refractivity contribution in [3.05, 3.63) is 60.2 Å². The summed E-state index contributed by atoms with van der Waals surface area (Å²) >= 11 is 0. The third-order valence-electron chi connectivity index (χ3n) is 7.71. The summed E-state index contributed by atoms with van der Waals surface area (Å²) in [5, 5.41) is 3.07. The number of carbonyl (C=O) groups excluding carboxylic acids is 1. The van der Waals surface area contributed by atoms with Crippen LogP contribution < -0.4 is 5.32 Å². The maximum atomic E-state index is 13.5. The van der Waals surface area contributed by atoms with Gasteiger partial charge in [0.25, 0.3) is 0 Å². The first kappa shape index (κ1) is 24.9. The summed E-state index contributed by atoms with van der Waals surface area (Å²) in [5.41, 5.74) is 1.58. The zero-order valence-electron chi connectivity index (χ0n) is 20.6. The fourth-order valence-corrected chi connectivity index (χ4v) is 7.30. The third-order valence-corrected chi connectivity index (χ3v) is 9.78. The van der Waals surface area contributed by atoms with E-state index in [9.17, 15) is 13.2 Å². The van der Waals surface area contributed by atoms with Crippen LogP contribution >= 0.6 is 0 Å². The molecule has 2 aromatic rings. The SMILES string of the molecule is CCc1ccccc1NC(=O)CN1CCC2(CC1)CCC(C)(C)N(S(=O)(=O)c1ccccc1)C2. The topological polar surface area (TPSA) is 69.7 Å². The molecule has 0 unspecified atom stereocenters. The number of para-hydroxylation sites is 1. The molecule has 1 amide bonds. The molecule has 1 spiro atoms. The molecule has 4 rings (SSSR count). The second-order valence-corrected chi connectivity index (χ2v) is 12.3. The van der Waals surface area contributed by atoms with Gasteiger partial charge in [-0.1, -0.05) is 43.3 Å². The zero-order valence-corrected chi connectivity index (χ0v) is 21.4. The summed E-state index contributed by atoms with van der Waals surface area (Å²) in [4.78, 5) is 15.3. The summed E-state index contributed by atoms with van der Waals surface area (Å²) < 4.78 is 28.8. The minimum atomic E-state index is -3.56. The van der Waals surface area contributed by atoms with E-state index in [1.54, 1.807) is 28.6 Å². The van der Waals surface area contributed by atoms with E-state index in [0.717, 1.165) is 56.4 Å². The molecule has 2 aromatic carbocycles. The lowest BCUT2D eigenvalue weighted by atomic mass is 9.69. The van der Waals surface area contributed by atoms with E-state index in [4.69, 9.17) is 0 Å². The Hall–Kier alpha value is -2.22. The van der Waals surface area contributed by atoms with Crippen LogP contribution in [-0.2, 0) is 21.2 Å². The molecule has 34 heavy (non-hydrogen) atoms. The molecule has 2 heterocycles. The molecule has 0 aromatic heterocycles. The van der Waals surface area contributed by atoms with Crippen LogP contribution in [0.2, 0.25) is 0 Å². The van der Waals surface area contributed by atoms with E-state index in [-0.39, 0.29) is 11.3 Å². The highest BCUT2D eigenvalue weighted by molar-refractivity contribution is 7.89. The smallest absolute Gasteiger partial charge is 0.243 e. The quantitative estimate of drug-likeness (QED) is 0.655. The number of amides is 1.